The maximum Gasteiger partial charge on any atom is 0.314 e. The lowest BCUT2D eigenvalue weighted by Gasteiger charge is -2.29. The van der Waals surface area contributed by atoms with Crippen LogP contribution in [0, 0.1) is 0 Å². The molecule has 0 bridgehead atoms. The predicted molar refractivity (Wildman–Crippen MR) is 76.5 cm³/mol. The second-order valence-corrected chi connectivity index (χ2v) is 5.59. The van der Waals surface area contributed by atoms with Gasteiger partial charge in [0, 0.05) is 19.0 Å². The van der Waals surface area contributed by atoms with Crippen LogP contribution in [-0.4, -0.2) is 34.5 Å². The van der Waals surface area contributed by atoms with E-state index in [0.717, 1.165) is 12.8 Å². The molecule has 1 atom stereocenters. The fourth-order valence-electron chi connectivity index (χ4n) is 2.54. The first kappa shape index (κ1) is 14.6. The Morgan fingerprint density at radius 2 is 1.90 bits per heavy atom. The summed E-state index contributed by atoms with van der Waals surface area (Å²) in [6.07, 6.45) is 2.08. The van der Waals surface area contributed by atoms with Crippen LogP contribution in [0.4, 0.5) is 0 Å². The maximum absolute atomic E-state index is 12.4. The van der Waals surface area contributed by atoms with Crippen LogP contribution in [0.2, 0.25) is 0 Å². The molecule has 0 radical (unpaired) electrons. The zero-order valence-electron chi connectivity index (χ0n) is 12.0. The minimum atomic E-state index is -1.17. The Hall–Kier alpha value is -1.84. The summed E-state index contributed by atoms with van der Waals surface area (Å²) in [6, 6.07) is 9.32. The molecule has 2 rings (SSSR count). The standard InChI is InChI=1S/C16H21NO3/c1-3-17(13-9-10-13)14(18)11-16(2,15(19)20)12-7-5-4-6-8-12/h4-8,13H,3,9-11H2,1-2H3,(H,19,20). The van der Waals surface area contributed by atoms with Gasteiger partial charge in [0.1, 0.15) is 0 Å². The number of nitrogens with zero attached hydrogens (tertiary/aromatic N) is 1. The topological polar surface area (TPSA) is 57.6 Å². The summed E-state index contributed by atoms with van der Waals surface area (Å²) in [7, 11) is 0. The third-order valence-corrected chi connectivity index (χ3v) is 4.04. The SMILES string of the molecule is CCN(C(=O)CC(C)(C(=O)O)c1ccccc1)C1CC1. The van der Waals surface area contributed by atoms with Gasteiger partial charge in [-0.05, 0) is 32.3 Å². The average Bonchev–Trinajstić information content (AvgIpc) is 3.25. The number of carbonyl (C=O) groups excluding carboxylic acids is 1. The van der Waals surface area contributed by atoms with Crippen LogP contribution < -0.4 is 0 Å². The lowest BCUT2D eigenvalue weighted by Crippen LogP contribution is -2.41. The Morgan fingerprint density at radius 1 is 1.30 bits per heavy atom. The van der Waals surface area contributed by atoms with Gasteiger partial charge in [-0.25, -0.2) is 0 Å². The van der Waals surface area contributed by atoms with Crippen molar-refractivity contribution in [3.8, 4) is 0 Å². The molecule has 0 saturated heterocycles. The summed E-state index contributed by atoms with van der Waals surface area (Å²) in [5, 5.41) is 9.57. The van der Waals surface area contributed by atoms with Crippen molar-refractivity contribution in [2.75, 3.05) is 6.54 Å². The molecule has 1 saturated carbocycles. The van der Waals surface area contributed by atoms with Crippen molar-refractivity contribution < 1.29 is 14.7 Å². The Bertz CT molecular complexity index is 496. The van der Waals surface area contributed by atoms with Gasteiger partial charge in [0.2, 0.25) is 5.91 Å². The van der Waals surface area contributed by atoms with Gasteiger partial charge < -0.3 is 10.0 Å². The monoisotopic (exact) mass is 275 g/mol. The van der Waals surface area contributed by atoms with Crippen LogP contribution in [0.15, 0.2) is 30.3 Å². The highest BCUT2D eigenvalue weighted by atomic mass is 16.4. The van der Waals surface area contributed by atoms with Crippen LogP contribution >= 0.6 is 0 Å². The molecule has 1 aliphatic carbocycles. The maximum atomic E-state index is 12.4. The van der Waals surface area contributed by atoms with Gasteiger partial charge in [-0.2, -0.15) is 0 Å². The molecule has 0 aliphatic heterocycles. The molecule has 1 aliphatic rings. The molecule has 0 spiro atoms. The predicted octanol–water partition coefficient (Wildman–Crippen LogP) is 2.43. The molecule has 0 aromatic heterocycles. The van der Waals surface area contributed by atoms with E-state index in [1.54, 1.807) is 31.2 Å². The van der Waals surface area contributed by atoms with Gasteiger partial charge >= 0.3 is 5.97 Å². The van der Waals surface area contributed by atoms with E-state index in [1.165, 1.54) is 0 Å². The van der Waals surface area contributed by atoms with Crippen LogP contribution in [0.5, 0.6) is 0 Å². The van der Waals surface area contributed by atoms with E-state index >= 15 is 0 Å². The molecular weight excluding hydrogens is 254 g/mol. The zero-order valence-corrected chi connectivity index (χ0v) is 12.0. The number of hydrogen-bond donors (Lipinski definition) is 1. The molecule has 1 aromatic rings. The first-order valence-electron chi connectivity index (χ1n) is 7.07. The molecule has 4 heteroatoms. The molecule has 108 valence electrons. The van der Waals surface area contributed by atoms with Crippen LogP contribution in [0.25, 0.3) is 0 Å². The van der Waals surface area contributed by atoms with Gasteiger partial charge in [-0.3, -0.25) is 9.59 Å². The lowest BCUT2D eigenvalue weighted by molar-refractivity contribution is -0.147. The molecule has 20 heavy (non-hydrogen) atoms. The highest BCUT2D eigenvalue weighted by molar-refractivity contribution is 5.89. The summed E-state index contributed by atoms with van der Waals surface area (Å²) in [5.41, 5.74) is -0.492. The van der Waals surface area contributed by atoms with Gasteiger partial charge in [0.15, 0.2) is 0 Å². The van der Waals surface area contributed by atoms with E-state index in [9.17, 15) is 14.7 Å². The van der Waals surface area contributed by atoms with Gasteiger partial charge in [0.05, 0.1) is 5.41 Å². The second-order valence-electron chi connectivity index (χ2n) is 5.59. The molecule has 0 heterocycles. The van der Waals surface area contributed by atoms with E-state index in [0.29, 0.717) is 18.2 Å². The number of rotatable bonds is 6. The average molecular weight is 275 g/mol. The highest BCUT2D eigenvalue weighted by Crippen LogP contribution is 2.32. The van der Waals surface area contributed by atoms with E-state index in [4.69, 9.17) is 0 Å². The molecule has 1 fully saturated rings. The van der Waals surface area contributed by atoms with Gasteiger partial charge in [0.25, 0.3) is 0 Å². The highest BCUT2D eigenvalue weighted by Gasteiger charge is 2.41. The van der Waals surface area contributed by atoms with E-state index in [2.05, 4.69) is 0 Å². The number of aliphatic carboxylic acids is 1. The Morgan fingerprint density at radius 3 is 2.35 bits per heavy atom. The lowest BCUT2D eigenvalue weighted by atomic mass is 9.79. The van der Waals surface area contributed by atoms with Crippen molar-refractivity contribution in [3.63, 3.8) is 0 Å². The van der Waals surface area contributed by atoms with Crippen LogP contribution in [0.1, 0.15) is 38.7 Å². The summed E-state index contributed by atoms with van der Waals surface area (Å²) >= 11 is 0. The Labute approximate surface area is 119 Å². The first-order chi connectivity index (χ1) is 9.49. The van der Waals surface area contributed by atoms with Crippen molar-refractivity contribution in [1.29, 1.82) is 0 Å². The number of benzene rings is 1. The minimum absolute atomic E-state index is 0.0106. The summed E-state index contributed by atoms with van der Waals surface area (Å²) < 4.78 is 0. The fourth-order valence-corrected chi connectivity index (χ4v) is 2.54. The van der Waals surface area contributed by atoms with Crippen LogP contribution in [-0.2, 0) is 15.0 Å². The largest absolute Gasteiger partial charge is 0.481 e. The Kier molecular flexibility index (Phi) is 4.12. The molecular formula is C16H21NO3. The van der Waals surface area contributed by atoms with E-state index < -0.39 is 11.4 Å². The molecule has 1 amide bonds. The smallest absolute Gasteiger partial charge is 0.314 e. The third kappa shape index (κ3) is 2.84. The van der Waals surface area contributed by atoms with E-state index in [-0.39, 0.29) is 12.3 Å². The normalized spacial score (nSPS) is 17.3. The van der Waals surface area contributed by atoms with Crippen molar-refractivity contribution in [3.05, 3.63) is 35.9 Å². The number of carboxylic acid groups (broad SMARTS) is 1. The molecule has 1 unspecified atom stereocenters. The van der Waals surface area contributed by atoms with Crippen molar-refractivity contribution in [2.24, 2.45) is 0 Å². The quantitative estimate of drug-likeness (QED) is 0.867. The van der Waals surface area contributed by atoms with Crippen molar-refractivity contribution in [1.82, 2.24) is 4.90 Å². The summed E-state index contributed by atoms with van der Waals surface area (Å²) in [5.74, 6) is -1.02. The summed E-state index contributed by atoms with van der Waals surface area (Å²) in [6.45, 7) is 4.22. The van der Waals surface area contributed by atoms with Crippen LogP contribution in [0.3, 0.4) is 0 Å². The zero-order chi connectivity index (χ0) is 14.8. The summed E-state index contributed by atoms with van der Waals surface area (Å²) in [4.78, 5) is 25.9. The van der Waals surface area contributed by atoms with Gasteiger partial charge in [-0.1, -0.05) is 30.3 Å². The van der Waals surface area contributed by atoms with Crippen molar-refractivity contribution >= 4 is 11.9 Å². The second kappa shape index (κ2) is 5.65. The molecule has 4 nitrogen and oxygen atoms in total. The minimum Gasteiger partial charge on any atom is -0.481 e. The number of amides is 1. The van der Waals surface area contributed by atoms with Crippen molar-refractivity contribution in [2.45, 2.75) is 44.6 Å². The molecule has 1 aromatic carbocycles. The van der Waals surface area contributed by atoms with Gasteiger partial charge in [-0.15, -0.1) is 0 Å². The third-order valence-electron chi connectivity index (χ3n) is 4.04. The number of carboxylic acids is 1. The molecule has 1 N–H and O–H groups in total. The van der Waals surface area contributed by atoms with E-state index in [1.807, 2.05) is 17.9 Å². The Balaban J connectivity index is 2.21. The first-order valence-corrected chi connectivity index (χ1v) is 7.07. The number of carbonyl (C=O) groups is 2. The fraction of sp³-hybridized carbons (Fsp3) is 0.500. The number of hydrogen-bond acceptors (Lipinski definition) is 2.